The first-order chi connectivity index (χ1) is 17.0. The fourth-order valence-corrected chi connectivity index (χ4v) is 4.20. The average molecular weight is 530 g/mol. The first-order valence-electron chi connectivity index (χ1n) is 10.8. The van der Waals surface area contributed by atoms with Gasteiger partial charge in [-0.3, -0.25) is 9.59 Å². The van der Waals surface area contributed by atoms with E-state index in [2.05, 4.69) is 52.2 Å². The maximum absolute atomic E-state index is 13.1. The number of aromatic amines is 2. The first-order valence-corrected chi connectivity index (χ1v) is 11.6. The van der Waals surface area contributed by atoms with E-state index in [4.69, 9.17) is 0 Å². The molecule has 0 fully saturated rings. The zero-order chi connectivity index (χ0) is 24.4. The molecular formula is C25H20BrN7O2. The van der Waals surface area contributed by atoms with Gasteiger partial charge in [-0.1, -0.05) is 52.3 Å². The SMILES string of the molecule is Cc1ccccc1CC(=O)Nc1cccc2cc(C(=O)Nc3ccc(Br)cc3-c3nn[nH]n3)[nH]c12. The van der Waals surface area contributed by atoms with E-state index >= 15 is 0 Å². The second kappa shape index (κ2) is 9.51. The lowest BCUT2D eigenvalue weighted by Gasteiger charge is -2.09. The van der Waals surface area contributed by atoms with Gasteiger partial charge in [0.1, 0.15) is 5.69 Å². The minimum Gasteiger partial charge on any atom is -0.349 e. The van der Waals surface area contributed by atoms with Gasteiger partial charge in [0.05, 0.1) is 23.3 Å². The van der Waals surface area contributed by atoms with Crippen molar-refractivity contribution in [3.8, 4) is 11.4 Å². The minimum absolute atomic E-state index is 0.132. The second-order valence-electron chi connectivity index (χ2n) is 7.98. The van der Waals surface area contributed by atoms with Crippen molar-refractivity contribution in [2.75, 3.05) is 10.6 Å². The number of para-hydroxylation sites is 1. The Hall–Kier alpha value is -4.31. The van der Waals surface area contributed by atoms with E-state index in [0.29, 0.717) is 34.0 Å². The Labute approximate surface area is 208 Å². The largest absolute Gasteiger partial charge is 0.349 e. The predicted molar refractivity (Wildman–Crippen MR) is 137 cm³/mol. The van der Waals surface area contributed by atoms with Crippen LogP contribution >= 0.6 is 15.9 Å². The molecule has 174 valence electrons. The molecule has 2 amide bonds. The number of carbonyl (C=O) groups is 2. The second-order valence-corrected chi connectivity index (χ2v) is 8.90. The van der Waals surface area contributed by atoms with E-state index in [9.17, 15) is 9.59 Å². The smallest absolute Gasteiger partial charge is 0.272 e. The fourth-order valence-electron chi connectivity index (χ4n) is 3.83. The van der Waals surface area contributed by atoms with Gasteiger partial charge < -0.3 is 15.6 Å². The number of nitrogens with one attached hydrogen (secondary N) is 4. The number of aryl methyl sites for hydroxylation is 1. The van der Waals surface area contributed by atoms with Crippen LogP contribution < -0.4 is 10.6 Å². The number of aromatic nitrogens is 5. The maximum atomic E-state index is 13.1. The number of H-pyrrole nitrogens is 2. The molecule has 3 aromatic carbocycles. The molecule has 9 nitrogen and oxygen atoms in total. The van der Waals surface area contributed by atoms with Crippen LogP contribution in [0, 0.1) is 6.92 Å². The van der Waals surface area contributed by atoms with Gasteiger partial charge >= 0.3 is 0 Å². The Balaban J connectivity index is 1.38. The minimum atomic E-state index is -0.342. The van der Waals surface area contributed by atoms with Crippen LogP contribution in [0.5, 0.6) is 0 Å². The van der Waals surface area contributed by atoms with Gasteiger partial charge in [0.15, 0.2) is 0 Å². The van der Waals surface area contributed by atoms with Gasteiger partial charge in [-0.05, 0) is 53.6 Å². The molecule has 0 aliphatic carbocycles. The molecule has 0 aliphatic rings. The molecule has 10 heteroatoms. The van der Waals surface area contributed by atoms with Crippen LogP contribution in [0.2, 0.25) is 0 Å². The van der Waals surface area contributed by atoms with Gasteiger partial charge in [-0.25, -0.2) is 0 Å². The van der Waals surface area contributed by atoms with Crippen molar-refractivity contribution >= 4 is 50.0 Å². The van der Waals surface area contributed by atoms with Gasteiger partial charge in [0.25, 0.3) is 5.91 Å². The van der Waals surface area contributed by atoms with Crippen LogP contribution in [0.15, 0.2) is 71.2 Å². The lowest BCUT2D eigenvalue weighted by Crippen LogP contribution is -2.15. The molecule has 0 radical (unpaired) electrons. The van der Waals surface area contributed by atoms with Gasteiger partial charge in [0.2, 0.25) is 11.7 Å². The Morgan fingerprint density at radius 2 is 1.83 bits per heavy atom. The summed E-state index contributed by atoms with van der Waals surface area (Å²) in [6.07, 6.45) is 0.263. The van der Waals surface area contributed by atoms with Crippen molar-refractivity contribution in [2.24, 2.45) is 0 Å². The highest BCUT2D eigenvalue weighted by Crippen LogP contribution is 2.29. The van der Waals surface area contributed by atoms with Crippen LogP contribution in [0.3, 0.4) is 0 Å². The Kier molecular flexibility index (Phi) is 6.11. The third kappa shape index (κ3) is 4.82. The van der Waals surface area contributed by atoms with Crippen molar-refractivity contribution in [1.29, 1.82) is 0 Å². The molecule has 0 aliphatic heterocycles. The number of hydrogen-bond acceptors (Lipinski definition) is 5. The van der Waals surface area contributed by atoms with E-state index in [1.165, 1.54) is 0 Å². The molecule has 0 saturated carbocycles. The maximum Gasteiger partial charge on any atom is 0.272 e. The number of anilines is 2. The molecule has 5 rings (SSSR count). The third-order valence-corrected chi connectivity index (χ3v) is 6.10. The van der Waals surface area contributed by atoms with Gasteiger partial charge in [0, 0.05) is 15.4 Å². The summed E-state index contributed by atoms with van der Waals surface area (Å²) in [5.41, 5.74) is 4.80. The summed E-state index contributed by atoms with van der Waals surface area (Å²) in [5, 5.41) is 20.7. The first kappa shape index (κ1) is 22.5. The summed E-state index contributed by atoms with van der Waals surface area (Å²) in [6.45, 7) is 1.98. The van der Waals surface area contributed by atoms with Crippen molar-refractivity contribution in [3.63, 3.8) is 0 Å². The van der Waals surface area contributed by atoms with E-state index in [-0.39, 0.29) is 18.2 Å². The number of carbonyl (C=O) groups excluding carboxylic acids is 2. The highest BCUT2D eigenvalue weighted by molar-refractivity contribution is 9.10. The molecule has 35 heavy (non-hydrogen) atoms. The van der Waals surface area contributed by atoms with Gasteiger partial charge in [-0.15, -0.1) is 10.2 Å². The van der Waals surface area contributed by atoms with Crippen molar-refractivity contribution < 1.29 is 9.59 Å². The lowest BCUT2D eigenvalue weighted by atomic mass is 10.1. The van der Waals surface area contributed by atoms with Crippen LogP contribution in [-0.4, -0.2) is 37.4 Å². The molecule has 0 spiro atoms. The number of benzene rings is 3. The standard InChI is InChI=1S/C25H20BrN7O2/c1-14-5-2-3-6-15(14)12-22(34)27-20-8-4-7-16-11-21(28-23(16)20)25(35)29-19-10-9-17(26)13-18(19)24-30-32-33-31-24/h2-11,13,28H,12H2,1H3,(H,27,34)(H,29,35)(H,30,31,32,33). The summed E-state index contributed by atoms with van der Waals surface area (Å²) in [5.74, 6) is -0.116. The van der Waals surface area contributed by atoms with E-state index in [0.717, 1.165) is 21.0 Å². The lowest BCUT2D eigenvalue weighted by molar-refractivity contribution is -0.115. The van der Waals surface area contributed by atoms with E-state index in [1.54, 1.807) is 24.3 Å². The summed E-state index contributed by atoms with van der Waals surface area (Å²) < 4.78 is 0.812. The summed E-state index contributed by atoms with van der Waals surface area (Å²) in [4.78, 5) is 29.0. The summed E-state index contributed by atoms with van der Waals surface area (Å²) in [6, 6.07) is 20.4. The van der Waals surface area contributed by atoms with Crippen molar-refractivity contribution in [1.82, 2.24) is 25.6 Å². The predicted octanol–water partition coefficient (Wildman–Crippen LogP) is 4.85. The molecule has 2 aromatic heterocycles. The number of fused-ring (bicyclic) bond motifs is 1. The molecule has 2 heterocycles. The normalized spacial score (nSPS) is 10.9. The average Bonchev–Trinajstić information content (AvgIpc) is 3.52. The zero-order valence-corrected chi connectivity index (χ0v) is 20.2. The topological polar surface area (TPSA) is 128 Å². The van der Waals surface area contributed by atoms with Gasteiger partial charge in [-0.2, -0.15) is 5.21 Å². The van der Waals surface area contributed by atoms with Crippen LogP contribution in [0.1, 0.15) is 21.6 Å². The molecule has 5 aromatic rings. The van der Waals surface area contributed by atoms with E-state index < -0.39 is 0 Å². The molecule has 0 unspecified atom stereocenters. The molecular weight excluding hydrogens is 510 g/mol. The quantitative estimate of drug-likeness (QED) is 0.250. The summed E-state index contributed by atoms with van der Waals surface area (Å²) in [7, 11) is 0. The molecule has 0 atom stereocenters. The van der Waals surface area contributed by atoms with E-state index in [1.807, 2.05) is 49.4 Å². The number of halogens is 1. The van der Waals surface area contributed by atoms with Crippen LogP contribution in [0.25, 0.3) is 22.3 Å². The fraction of sp³-hybridized carbons (Fsp3) is 0.0800. The Bertz CT molecular complexity index is 1540. The molecule has 0 saturated heterocycles. The monoisotopic (exact) mass is 529 g/mol. The van der Waals surface area contributed by atoms with Crippen LogP contribution in [-0.2, 0) is 11.2 Å². The number of hydrogen-bond donors (Lipinski definition) is 4. The number of rotatable bonds is 6. The van der Waals surface area contributed by atoms with Crippen LogP contribution in [0.4, 0.5) is 11.4 Å². The zero-order valence-electron chi connectivity index (χ0n) is 18.6. The highest BCUT2D eigenvalue weighted by atomic mass is 79.9. The number of amides is 2. The van der Waals surface area contributed by atoms with Crippen molar-refractivity contribution in [3.05, 3.63) is 88.0 Å². The highest BCUT2D eigenvalue weighted by Gasteiger charge is 2.17. The molecule has 4 N–H and O–H groups in total. The number of tetrazole rings is 1. The Morgan fingerprint density at radius 3 is 2.63 bits per heavy atom. The summed E-state index contributed by atoms with van der Waals surface area (Å²) >= 11 is 3.43. The number of nitrogens with zero attached hydrogens (tertiary/aromatic N) is 3. The molecule has 0 bridgehead atoms. The third-order valence-electron chi connectivity index (χ3n) is 5.60. The van der Waals surface area contributed by atoms with Crippen molar-refractivity contribution in [2.45, 2.75) is 13.3 Å². The Morgan fingerprint density at radius 1 is 0.971 bits per heavy atom.